The Morgan fingerprint density at radius 1 is 1.19 bits per heavy atom. The van der Waals surface area contributed by atoms with Gasteiger partial charge in [0.2, 0.25) is 0 Å². The summed E-state index contributed by atoms with van der Waals surface area (Å²) in [5.41, 5.74) is 2.40. The summed E-state index contributed by atoms with van der Waals surface area (Å²) >= 11 is 0. The van der Waals surface area contributed by atoms with Gasteiger partial charge in [0.25, 0.3) is 5.91 Å². The average Bonchev–Trinajstić information content (AvgIpc) is 3.03. The van der Waals surface area contributed by atoms with Crippen molar-refractivity contribution in [2.75, 3.05) is 5.32 Å². The number of ether oxygens (including phenoxy) is 1. The Morgan fingerprint density at radius 3 is 2.44 bits per heavy atom. The molecular weight excluding hydrogens is 344 g/mol. The molecule has 2 atom stereocenters. The van der Waals surface area contributed by atoms with Crippen LogP contribution in [0.2, 0.25) is 0 Å². The highest BCUT2D eigenvalue weighted by molar-refractivity contribution is 5.99. The fourth-order valence-electron chi connectivity index (χ4n) is 2.73. The molecular formula is C21H26N2O4. The molecule has 0 fully saturated rings. The minimum atomic E-state index is -0.974. The fourth-order valence-corrected chi connectivity index (χ4v) is 2.73. The van der Waals surface area contributed by atoms with E-state index < -0.39 is 18.0 Å². The number of nitrogens with one attached hydrogen (secondary N) is 1. The summed E-state index contributed by atoms with van der Waals surface area (Å²) in [6, 6.07) is 9.07. The van der Waals surface area contributed by atoms with Crippen LogP contribution in [-0.4, -0.2) is 28.3 Å². The van der Waals surface area contributed by atoms with Gasteiger partial charge in [-0.2, -0.15) is 0 Å². The molecule has 1 aromatic carbocycles. The molecule has 1 N–H and O–H groups in total. The van der Waals surface area contributed by atoms with Crippen molar-refractivity contribution in [1.29, 1.82) is 0 Å². The molecule has 0 saturated heterocycles. The van der Waals surface area contributed by atoms with E-state index in [0.29, 0.717) is 11.5 Å². The summed E-state index contributed by atoms with van der Waals surface area (Å²) in [7, 11) is 1.65. The number of para-hydroxylation sites is 1. The maximum atomic E-state index is 12.5. The third-order valence-corrected chi connectivity index (χ3v) is 4.64. The number of benzene rings is 1. The standard InChI is InChI=1S/C21H26N2O4/c1-6-13(2)17-9-7-8-10-18(17)22-20(25)15(4)27-21(26)19-11-16(14(3)24)12-23(19)5/h7-13,15H,6H2,1-5H3,(H,22,25)/t13-,15-/m1/s1. The molecule has 0 aliphatic heterocycles. The molecule has 0 spiro atoms. The first-order valence-electron chi connectivity index (χ1n) is 9.02. The number of hydrogen-bond donors (Lipinski definition) is 1. The molecule has 0 aliphatic carbocycles. The lowest BCUT2D eigenvalue weighted by atomic mass is 9.97. The molecule has 0 saturated carbocycles. The van der Waals surface area contributed by atoms with Gasteiger partial charge in [-0.05, 0) is 43.9 Å². The molecule has 0 aliphatic rings. The molecule has 1 amide bonds. The van der Waals surface area contributed by atoms with E-state index in [9.17, 15) is 14.4 Å². The van der Waals surface area contributed by atoms with Gasteiger partial charge in [-0.15, -0.1) is 0 Å². The van der Waals surface area contributed by atoms with Crippen LogP contribution in [-0.2, 0) is 16.6 Å². The van der Waals surface area contributed by atoms with Crippen LogP contribution in [0.1, 0.15) is 66.4 Å². The molecule has 6 heteroatoms. The molecule has 1 aromatic heterocycles. The predicted molar refractivity (Wildman–Crippen MR) is 104 cm³/mol. The normalized spacial score (nSPS) is 12.9. The molecule has 0 bridgehead atoms. The van der Waals surface area contributed by atoms with Gasteiger partial charge in [-0.3, -0.25) is 9.59 Å². The highest BCUT2D eigenvalue weighted by Gasteiger charge is 2.23. The van der Waals surface area contributed by atoms with Crippen molar-refractivity contribution in [3.63, 3.8) is 0 Å². The van der Waals surface area contributed by atoms with Crippen LogP contribution in [0.25, 0.3) is 0 Å². The number of anilines is 1. The minimum Gasteiger partial charge on any atom is -0.448 e. The van der Waals surface area contributed by atoms with E-state index in [1.54, 1.807) is 13.2 Å². The van der Waals surface area contributed by atoms with Crippen molar-refractivity contribution < 1.29 is 19.1 Å². The minimum absolute atomic E-state index is 0.142. The molecule has 1 heterocycles. The summed E-state index contributed by atoms with van der Waals surface area (Å²) in [5.74, 6) is -0.896. The number of ketones is 1. The van der Waals surface area contributed by atoms with Crippen molar-refractivity contribution in [1.82, 2.24) is 4.57 Å². The molecule has 0 radical (unpaired) electrons. The number of carbonyl (C=O) groups excluding carboxylic acids is 3. The number of esters is 1. The topological polar surface area (TPSA) is 77.4 Å². The van der Waals surface area contributed by atoms with Gasteiger partial charge in [-0.25, -0.2) is 4.79 Å². The number of rotatable bonds is 7. The van der Waals surface area contributed by atoms with Gasteiger partial charge in [0.15, 0.2) is 11.9 Å². The number of carbonyl (C=O) groups is 3. The Balaban J connectivity index is 2.08. The van der Waals surface area contributed by atoms with Gasteiger partial charge < -0.3 is 14.6 Å². The second-order valence-electron chi connectivity index (χ2n) is 6.71. The second-order valence-corrected chi connectivity index (χ2v) is 6.71. The zero-order valence-electron chi connectivity index (χ0n) is 16.4. The van der Waals surface area contributed by atoms with Gasteiger partial charge in [0.1, 0.15) is 5.69 Å². The Kier molecular flexibility index (Phi) is 6.55. The number of aromatic nitrogens is 1. The van der Waals surface area contributed by atoms with E-state index in [2.05, 4.69) is 19.2 Å². The van der Waals surface area contributed by atoms with E-state index in [4.69, 9.17) is 4.74 Å². The van der Waals surface area contributed by atoms with Gasteiger partial charge >= 0.3 is 5.97 Å². The summed E-state index contributed by atoms with van der Waals surface area (Å²) in [6.07, 6.45) is 1.54. The van der Waals surface area contributed by atoms with Crippen LogP contribution in [0.15, 0.2) is 36.5 Å². The van der Waals surface area contributed by atoms with Crippen LogP contribution >= 0.6 is 0 Å². The summed E-state index contributed by atoms with van der Waals surface area (Å²) in [4.78, 5) is 36.3. The van der Waals surface area contributed by atoms with E-state index in [1.807, 2.05) is 24.3 Å². The maximum absolute atomic E-state index is 12.5. The van der Waals surface area contributed by atoms with Crippen LogP contribution in [0.4, 0.5) is 5.69 Å². The van der Waals surface area contributed by atoms with Crippen LogP contribution in [0.5, 0.6) is 0 Å². The van der Waals surface area contributed by atoms with E-state index in [-0.39, 0.29) is 11.5 Å². The Bertz CT molecular complexity index is 854. The van der Waals surface area contributed by atoms with Crippen molar-refractivity contribution in [2.24, 2.45) is 7.05 Å². The zero-order valence-corrected chi connectivity index (χ0v) is 16.4. The molecule has 144 valence electrons. The lowest BCUT2D eigenvalue weighted by molar-refractivity contribution is -0.123. The Labute approximate surface area is 159 Å². The fraction of sp³-hybridized carbons (Fsp3) is 0.381. The largest absolute Gasteiger partial charge is 0.448 e. The number of amides is 1. The Hall–Kier alpha value is -2.89. The second kappa shape index (κ2) is 8.66. The molecule has 0 unspecified atom stereocenters. The number of nitrogens with zero attached hydrogens (tertiary/aromatic N) is 1. The quantitative estimate of drug-likeness (QED) is 0.592. The van der Waals surface area contributed by atoms with Crippen molar-refractivity contribution in [2.45, 2.75) is 46.1 Å². The van der Waals surface area contributed by atoms with Gasteiger partial charge in [0, 0.05) is 24.5 Å². The monoisotopic (exact) mass is 370 g/mol. The van der Waals surface area contributed by atoms with E-state index in [0.717, 1.165) is 17.7 Å². The first kappa shape index (κ1) is 20.4. The van der Waals surface area contributed by atoms with Gasteiger partial charge in [-0.1, -0.05) is 32.0 Å². The molecule has 2 aromatic rings. The van der Waals surface area contributed by atoms with Crippen LogP contribution in [0.3, 0.4) is 0 Å². The van der Waals surface area contributed by atoms with E-state index >= 15 is 0 Å². The highest BCUT2D eigenvalue weighted by atomic mass is 16.5. The lowest BCUT2D eigenvalue weighted by Gasteiger charge is -2.18. The smallest absolute Gasteiger partial charge is 0.355 e. The van der Waals surface area contributed by atoms with Crippen LogP contribution < -0.4 is 5.32 Å². The lowest BCUT2D eigenvalue weighted by Crippen LogP contribution is -2.30. The van der Waals surface area contributed by atoms with Crippen molar-refractivity contribution >= 4 is 23.3 Å². The molecule has 6 nitrogen and oxygen atoms in total. The SMILES string of the molecule is CC[C@@H](C)c1ccccc1NC(=O)[C@@H](C)OC(=O)c1cc(C(C)=O)cn1C. The molecule has 2 rings (SSSR count). The van der Waals surface area contributed by atoms with Crippen LogP contribution in [0, 0.1) is 0 Å². The third kappa shape index (κ3) is 4.84. The predicted octanol–water partition coefficient (Wildman–Crippen LogP) is 3.93. The Morgan fingerprint density at radius 2 is 1.85 bits per heavy atom. The van der Waals surface area contributed by atoms with Crippen molar-refractivity contribution in [3.05, 3.63) is 53.3 Å². The maximum Gasteiger partial charge on any atom is 0.355 e. The zero-order chi connectivity index (χ0) is 20.1. The summed E-state index contributed by atoms with van der Waals surface area (Å²) in [6.45, 7) is 7.13. The first-order chi connectivity index (χ1) is 12.7. The van der Waals surface area contributed by atoms with E-state index in [1.165, 1.54) is 24.5 Å². The molecule has 27 heavy (non-hydrogen) atoms. The third-order valence-electron chi connectivity index (χ3n) is 4.64. The number of Topliss-reactive ketones (excluding diaryl/α,β-unsaturated/α-hetero) is 1. The number of hydrogen-bond acceptors (Lipinski definition) is 4. The highest BCUT2D eigenvalue weighted by Crippen LogP contribution is 2.26. The first-order valence-corrected chi connectivity index (χ1v) is 9.02. The number of aryl methyl sites for hydroxylation is 1. The van der Waals surface area contributed by atoms with Crippen molar-refractivity contribution in [3.8, 4) is 0 Å². The average molecular weight is 370 g/mol. The summed E-state index contributed by atoms with van der Waals surface area (Å²) < 4.78 is 6.80. The van der Waals surface area contributed by atoms with Gasteiger partial charge in [0.05, 0.1) is 0 Å². The summed E-state index contributed by atoms with van der Waals surface area (Å²) in [5, 5.41) is 2.84.